The van der Waals surface area contributed by atoms with Gasteiger partial charge in [0, 0.05) is 17.7 Å². The molecule has 0 aromatic heterocycles. The molecule has 3 rings (SSSR count). The van der Waals surface area contributed by atoms with E-state index in [1.54, 1.807) is 43.5 Å². The number of nitro groups is 1. The Morgan fingerprint density at radius 3 is 2.62 bits per heavy atom. The summed E-state index contributed by atoms with van der Waals surface area (Å²) in [4.78, 5) is 22.9. The number of carbonyl (C=O) groups excluding carboxylic acids is 1. The molecule has 9 nitrogen and oxygen atoms in total. The van der Waals surface area contributed by atoms with Crippen LogP contribution in [-0.4, -0.2) is 36.4 Å². The zero-order valence-corrected chi connectivity index (χ0v) is 16.3. The average Bonchev–Trinajstić information content (AvgIpc) is 3.07. The Bertz CT molecular complexity index is 1050. The number of nitrogens with one attached hydrogen (secondary N) is 1. The lowest BCUT2D eigenvalue weighted by Crippen LogP contribution is -2.19. The number of nitro benzene ring substituents is 1. The van der Waals surface area contributed by atoms with Crippen molar-refractivity contribution in [2.45, 2.75) is 0 Å². The summed E-state index contributed by atoms with van der Waals surface area (Å²) in [7, 11) is 3.09. The molecule has 0 saturated carbocycles. The van der Waals surface area contributed by atoms with Crippen LogP contribution in [-0.2, 0) is 4.79 Å². The van der Waals surface area contributed by atoms with Crippen molar-refractivity contribution >= 4 is 40.8 Å². The van der Waals surface area contributed by atoms with Crippen LogP contribution in [0.3, 0.4) is 0 Å². The van der Waals surface area contributed by atoms with E-state index in [1.165, 1.54) is 25.5 Å². The van der Waals surface area contributed by atoms with E-state index >= 15 is 0 Å². The van der Waals surface area contributed by atoms with Crippen molar-refractivity contribution in [2.24, 2.45) is 10.2 Å². The quantitative estimate of drug-likeness (QED) is 0.337. The lowest BCUT2D eigenvalue weighted by Gasteiger charge is -2.07. The molecule has 0 spiro atoms. The van der Waals surface area contributed by atoms with Gasteiger partial charge in [0.15, 0.2) is 16.7 Å². The first kappa shape index (κ1) is 20.1. The van der Waals surface area contributed by atoms with E-state index in [1.807, 2.05) is 0 Å². The maximum absolute atomic E-state index is 12.2. The van der Waals surface area contributed by atoms with Gasteiger partial charge in [-0.25, -0.2) is 0 Å². The molecular weight excluding hydrogens is 396 g/mol. The van der Waals surface area contributed by atoms with Crippen molar-refractivity contribution in [2.75, 3.05) is 14.2 Å². The highest BCUT2D eigenvalue weighted by Gasteiger charge is 2.24. The van der Waals surface area contributed by atoms with Crippen molar-refractivity contribution in [3.63, 3.8) is 0 Å². The number of rotatable bonds is 6. The van der Waals surface area contributed by atoms with Crippen molar-refractivity contribution in [3.8, 4) is 11.5 Å². The third kappa shape index (κ3) is 4.99. The lowest BCUT2D eigenvalue weighted by molar-refractivity contribution is -0.384. The number of ether oxygens (including phenoxy) is 2. The Labute approximate surface area is 170 Å². The fraction of sp³-hybridized carbons (Fsp3) is 0.105. The first-order valence-electron chi connectivity index (χ1n) is 8.28. The van der Waals surface area contributed by atoms with Gasteiger partial charge < -0.3 is 9.47 Å². The van der Waals surface area contributed by atoms with Crippen molar-refractivity contribution < 1.29 is 19.2 Å². The molecule has 0 unspecified atom stereocenters. The van der Waals surface area contributed by atoms with E-state index in [-0.39, 0.29) is 11.6 Å². The highest BCUT2D eigenvalue weighted by molar-refractivity contribution is 8.18. The molecule has 1 saturated heterocycles. The van der Waals surface area contributed by atoms with Gasteiger partial charge in [-0.1, -0.05) is 18.2 Å². The Balaban J connectivity index is 1.73. The molecule has 1 amide bonds. The standard InChI is InChI=1S/C19H16N4O5S/c1-27-15-7-6-12(9-16(15)28-2)10-17-18(24)21-19(29-17)22-20-11-13-4-3-5-14(8-13)23(25)26/h3-11H,1-2H3,(H,21,22,24)/b17-10+,20-11+. The second kappa shape index (κ2) is 9.02. The van der Waals surface area contributed by atoms with Crippen LogP contribution in [0.1, 0.15) is 11.1 Å². The maximum Gasteiger partial charge on any atom is 0.270 e. The molecule has 1 aliphatic heterocycles. The van der Waals surface area contributed by atoms with Crippen LogP contribution in [0.25, 0.3) is 6.08 Å². The van der Waals surface area contributed by atoms with Gasteiger partial charge in [0.05, 0.1) is 30.3 Å². The summed E-state index contributed by atoms with van der Waals surface area (Å²) in [6.45, 7) is 0. The fourth-order valence-electron chi connectivity index (χ4n) is 2.44. The van der Waals surface area contributed by atoms with E-state index in [2.05, 4.69) is 15.5 Å². The summed E-state index contributed by atoms with van der Waals surface area (Å²) in [5.41, 5.74) is 1.26. The molecule has 1 fully saturated rings. The van der Waals surface area contributed by atoms with Gasteiger partial charge >= 0.3 is 0 Å². The Hall–Kier alpha value is -3.66. The van der Waals surface area contributed by atoms with Gasteiger partial charge in [-0.05, 0) is 35.5 Å². The molecule has 2 aromatic carbocycles. The second-order valence-corrected chi connectivity index (χ2v) is 6.71. The fourth-order valence-corrected chi connectivity index (χ4v) is 3.21. The molecular formula is C19H16N4O5S. The number of hydrogen-bond acceptors (Lipinski definition) is 8. The van der Waals surface area contributed by atoms with Gasteiger partial charge in [0.1, 0.15) is 0 Å². The van der Waals surface area contributed by atoms with Gasteiger partial charge in [0.2, 0.25) is 0 Å². The third-order valence-corrected chi connectivity index (χ3v) is 4.69. The molecule has 2 aromatic rings. The molecule has 0 atom stereocenters. The number of methoxy groups -OCH3 is 2. The van der Waals surface area contributed by atoms with Crippen LogP contribution < -0.4 is 14.8 Å². The summed E-state index contributed by atoms with van der Waals surface area (Å²) in [6, 6.07) is 11.3. The minimum absolute atomic E-state index is 0.0368. The highest BCUT2D eigenvalue weighted by atomic mass is 32.2. The predicted molar refractivity (Wildman–Crippen MR) is 111 cm³/mol. The van der Waals surface area contributed by atoms with Crippen LogP contribution in [0, 0.1) is 10.1 Å². The number of benzene rings is 2. The number of nitrogens with zero attached hydrogens (tertiary/aromatic N) is 3. The number of amidine groups is 1. The number of amides is 1. The largest absolute Gasteiger partial charge is 0.493 e. The zero-order valence-electron chi connectivity index (χ0n) is 15.5. The smallest absolute Gasteiger partial charge is 0.270 e. The molecule has 0 radical (unpaired) electrons. The summed E-state index contributed by atoms with van der Waals surface area (Å²) in [6.07, 6.45) is 3.08. The lowest BCUT2D eigenvalue weighted by atomic mass is 10.2. The van der Waals surface area contributed by atoms with E-state index in [0.717, 1.165) is 17.3 Å². The van der Waals surface area contributed by atoms with Gasteiger partial charge in [-0.15, -0.1) is 5.10 Å². The van der Waals surface area contributed by atoms with Crippen LogP contribution in [0.2, 0.25) is 0 Å². The third-order valence-electron chi connectivity index (χ3n) is 3.79. The number of hydrogen-bond donors (Lipinski definition) is 1. The highest BCUT2D eigenvalue weighted by Crippen LogP contribution is 2.31. The van der Waals surface area contributed by atoms with Gasteiger partial charge in [-0.3, -0.25) is 20.2 Å². The number of non-ortho nitro benzene ring substituents is 1. The van der Waals surface area contributed by atoms with E-state index in [9.17, 15) is 14.9 Å². The van der Waals surface area contributed by atoms with E-state index in [4.69, 9.17) is 9.47 Å². The maximum atomic E-state index is 12.2. The van der Waals surface area contributed by atoms with E-state index in [0.29, 0.717) is 27.1 Å². The SMILES string of the molecule is COc1ccc(/C=C2/S/C(=N/N=C/c3cccc([N+](=O)[O-])c3)NC2=O)cc1OC. The summed E-state index contributed by atoms with van der Waals surface area (Å²) in [5.74, 6) is 0.852. The van der Waals surface area contributed by atoms with Gasteiger partial charge in [-0.2, -0.15) is 5.10 Å². The minimum Gasteiger partial charge on any atom is -0.493 e. The average molecular weight is 412 g/mol. The van der Waals surface area contributed by atoms with Crippen LogP contribution in [0.15, 0.2) is 57.6 Å². The van der Waals surface area contributed by atoms with Crippen molar-refractivity contribution in [3.05, 3.63) is 68.6 Å². The van der Waals surface area contributed by atoms with Crippen molar-refractivity contribution in [1.82, 2.24) is 5.32 Å². The summed E-state index contributed by atoms with van der Waals surface area (Å²) >= 11 is 1.14. The summed E-state index contributed by atoms with van der Waals surface area (Å²) < 4.78 is 10.5. The molecule has 0 bridgehead atoms. The second-order valence-electron chi connectivity index (χ2n) is 5.68. The van der Waals surface area contributed by atoms with Crippen molar-refractivity contribution in [1.29, 1.82) is 0 Å². The molecule has 1 heterocycles. The Morgan fingerprint density at radius 1 is 1.10 bits per heavy atom. The van der Waals surface area contributed by atoms with Crippen LogP contribution in [0.4, 0.5) is 5.69 Å². The molecule has 29 heavy (non-hydrogen) atoms. The minimum atomic E-state index is -0.485. The van der Waals surface area contributed by atoms with Gasteiger partial charge in [0.25, 0.3) is 11.6 Å². The number of carbonyl (C=O) groups is 1. The zero-order chi connectivity index (χ0) is 20.8. The normalized spacial score (nSPS) is 16.4. The predicted octanol–water partition coefficient (Wildman–Crippen LogP) is 3.21. The first-order chi connectivity index (χ1) is 14.0. The number of thioether (sulfide) groups is 1. The summed E-state index contributed by atoms with van der Waals surface area (Å²) in [5, 5.41) is 21.6. The van der Waals surface area contributed by atoms with E-state index < -0.39 is 4.92 Å². The Morgan fingerprint density at radius 2 is 1.90 bits per heavy atom. The monoisotopic (exact) mass is 412 g/mol. The molecule has 10 heteroatoms. The first-order valence-corrected chi connectivity index (χ1v) is 9.10. The molecule has 1 N–H and O–H groups in total. The van der Waals surface area contributed by atoms with Crippen LogP contribution in [0.5, 0.6) is 11.5 Å². The molecule has 0 aliphatic carbocycles. The Kier molecular flexibility index (Phi) is 6.25. The topological polar surface area (TPSA) is 115 Å². The van der Waals surface area contributed by atoms with Crippen LogP contribution >= 0.6 is 11.8 Å². The molecule has 148 valence electrons. The molecule has 1 aliphatic rings.